The molecular formula is C19H16FNO4. The summed E-state index contributed by atoms with van der Waals surface area (Å²) in [6.45, 7) is 0.716. The maximum absolute atomic E-state index is 13.9. The lowest BCUT2D eigenvalue weighted by molar-refractivity contribution is -0.136. The molecule has 128 valence electrons. The van der Waals surface area contributed by atoms with Crippen LogP contribution in [0.5, 0.6) is 0 Å². The number of nitrogens with one attached hydrogen (secondary N) is 1. The number of hydrogen-bond donors (Lipinski definition) is 1. The molecule has 1 amide bonds. The Balaban J connectivity index is 1.92. The van der Waals surface area contributed by atoms with E-state index in [2.05, 4.69) is 5.32 Å². The number of esters is 1. The molecule has 0 saturated carbocycles. The third-order valence-electron chi connectivity index (χ3n) is 3.15. The van der Waals surface area contributed by atoms with Crippen LogP contribution in [0, 0.1) is 5.82 Å². The molecule has 0 atom stereocenters. The Labute approximate surface area is 144 Å². The third kappa shape index (κ3) is 5.69. The van der Waals surface area contributed by atoms with Gasteiger partial charge >= 0.3 is 5.97 Å². The van der Waals surface area contributed by atoms with Crippen molar-refractivity contribution in [3.8, 4) is 0 Å². The molecule has 0 aliphatic heterocycles. The van der Waals surface area contributed by atoms with Crippen LogP contribution in [0.25, 0.3) is 6.08 Å². The summed E-state index contributed by atoms with van der Waals surface area (Å²) in [6.07, 6.45) is 2.74. The van der Waals surface area contributed by atoms with E-state index in [0.717, 1.165) is 11.6 Å². The highest BCUT2D eigenvalue weighted by atomic mass is 19.1. The van der Waals surface area contributed by atoms with Crippen LogP contribution in [-0.4, -0.2) is 24.3 Å². The standard InChI is InChI=1S/C19H16FNO4/c1-13(22)21-15-8-9-16(17(20)11-15)18(23)12-25-19(24)10-7-14-5-3-2-4-6-14/h2-11H,12H2,1H3,(H,21,22). The Hall–Kier alpha value is -3.28. The number of rotatable bonds is 6. The molecule has 0 spiro atoms. The predicted octanol–water partition coefficient (Wildman–Crippen LogP) is 3.22. The van der Waals surface area contributed by atoms with Crippen molar-refractivity contribution in [2.24, 2.45) is 0 Å². The van der Waals surface area contributed by atoms with Gasteiger partial charge in [0.15, 0.2) is 6.61 Å². The second-order valence-electron chi connectivity index (χ2n) is 5.15. The fourth-order valence-corrected chi connectivity index (χ4v) is 2.01. The monoisotopic (exact) mass is 341 g/mol. The van der Waals surface area contributed by atoms with Gasteiger partial charge in [-0.25, -0.2) is 9.18 Å². The van der Waals surface area contributed by atoms with Crippen molar-refractivity contribution < 1.29 is 23.5 Å². The first kappa shape index (κ1) is 18.1. The lowest BCUT2D eigenvalue weighted by atomic mass is 10.1. The molecule has 0 unspecified atom stereocenters. The number of amides is 1. The molecule has 0 radical (unpaired) electrons. The Kier molecular flexibility index (Phi) is 6.17. The van der Waals surface area contributed by atoms with Gasteiger partial charge in [-0.3, -0.25) is 9.59 Å². The number of Topliss-reactive ketones (excluding diaryl/α,β-unsaturated/α-hetero) is 1. The van der Waals surface area contributed by atoms with Gasteiger partial charge in [0.05, 0.1) is 5.56 Å². The molecule has 2 rings (SSSR count). The topological polar surface area (TPSA) is 72.5 Å². The van der Waals surface area contributed by atoms with Crippen molar-refractivity contribution in [3.05, 3.63) is 71.6 Å². The number of anilines is 1. The Morgan fingerprint density at radius 3 is 2.48 bits per heavy atom. The van der Waals surface area contributed by atoms with E-state index < -0.39 is 24.2 Å². The summed E-state index contributed by atoms with van der Waals surface area (Å²) >= 11 is 0. The highest BCUT2D eigenvalue weighted by Crippen LogP contribution is 2.15. The van der Waals surface area contributed by atoms with Gasteiger partial charge in [0.1, 0.15) is 5.82 Å². The van der Waals surface area contributed by atoms with Crippen LogP contribution >= 0.6 is 0 Å². The second kappa shape index (κ2) is 8.54. The quantitative estimate of drug-likeness (QED) is 0.497. The molecule has 0 heterocycles. The maximum atomic E-state index is 13.9. The summed E-state index contributed by atoms with van der Waals surface area (Å²) in [5.74, 6) is -2.52. The Bertz CT molecular complexity index is 815. The second-order valence-corrected chi connectivity index (χ2v) is 5.15. The normalized spacial score (nSPS) is 10.5. The average Bonchev–Trinajstić information content (AvgIpc) is 2.58. The molecule has 1 N–H and O–H groups in total. The van der Waals surface area contributed by atoms with Gasteiger partial charge < -0.3 is 10.1 Å². The van der Waals surface area contributed by atoms with Gasteiger partial charge in [0.2, 0.25) is 11.7 Å². The number of ketones is 1. The molecule has 2 aromatic carbocycles. The van der Waals surface area contributed by atoms with E-state index in [1.54, 1.807) is 18.2 Å². The molecule has 0 aliphatic rings. The zero-order chi connectivity index (χ0) is 18.2. The molecule has 0 fully saturated rings. The van der Waals surface area contributed by atoms with E-state index in [9.17, 15) is 18.8 Å². The van der Waals surface area contributed by atoms with Crippen LogP contribution in [0.2, 0.25) is 0 Å². The zero-order valence-electron chi connectivity index (χ0n) is 13.5. The predicted molar refractivity (Wildman–Crippen MR) is 91.5 cm³/mol. The fourth-order valence-electron chi connectivity index (χ4n) is 2.01. The summed E-state index contributed by atoms with van der Waals surface area (Å²) in [6, 6.07) is 12.8. The summed E-state index contributed by atoms with van der Waals surface area (Å²) in [5, 5.41) is 2.41. The van der Waals surface area contributed by atoms with Crippen LogP contribution in [0.1, 0.15) is 22.8 Å². The molecule has 5 nitrogen and oxygen atoms in total. The summed E-state index contributed by atoms with van der Waals surface area (Å²) in [5.41, 5.74) is 0.837. The van der Waals surface area contributed by atoms with E-state index in [-0.39, 0.29) is 17.2 Å². The van der Waals surface area contributed by atoms with Gasteiger partial charge in [-0.2, -0.15) is 0 Å². The summed E-state index contributed by atoms with van der Waals surface area (Å²) in [7, 11) is 0. The molecule has 2 aromatic rings. The van der Waals surface area contributed by atoms with Gasteiger partial charge in [-0.15, -0.1) is 0 Å². The van der Waals surface area contributed by atoms with E-state index >= 15 is 0 Å². The summed E-state index contributed by atoms with van der Waals surface area (Å²) in [4.78, 5) is 34.5. The number of hydrogen-bond acceptors (Lipinski definition) is 4. The first-order valence-electron chi connectivity index (χ1n) is 7.46. The van der Waals surface area contributed by atoms with Crippen LogP contribution in [0.4, 0.5) is 10.1 Å². The number of carbonyl (C=O) groups excluding carboxylic acids is 3. The number of halogens is 1. The van der Waals surface area contributed by atoms with Crippen LogP contribution in [-0.2, 0) is 14.3 Å². The molecule has 25 heavy (non-hydrogen) atoms. The molecule has 0 saturated heterocycles. The first-order chi connectivity index (χ1) is 12.0. The number of ether oxygens (including phenoxy) is 1. The van der Waals surface area contributed by atoms with Crippen LogP contribution in [0.3, 0.4) is 0 Å². The lowest BCUT2D eigenvalue weighted by Crippen LogP contribution is -2.14. The minimum atomic E-state index is -0.799. The highest BCUT2D eigenvalue weighted by molar-refractivity contribution is 5.99. The largest absolute Gasteiger partial charge is 0.454 e. The first-order valence-corrected chi connectivity index (χ1v) is 7.46. The third-order valence-corrected chi connectivity index (χ3v) is 3.15. The minimum Gasteiger partial charge on any atom is -0.454 e. The minimum absolute atomic E-state index is 0.214. The van der Waals surface area contributed by atoms with Crippen LogP contribution < -0.4 is 5.32 Å². The molecular weight excluding hydrogens is 325 g/mol. The van der Waals surface area contributed by atoms with E-state index in [4.69, 9.17) is 4.74 Å². The summed E-state index contributed by atoms with van der Waals surface area (Å²) < 4.78 is 18.7. The van der Waals surface area contributed by atoms with E-state index in [0.29, 0.717) is 0 Å². The average molecular weight is 341 g/mol. The van der Waals surface area contributed by atoms with Crippen molar-refractivity contribution in [2.75, 3.05) is 11.9 Å². The molecule has 6 heteroatoms. The van der Waals surface area contributed by atoms with Crippen LogP contribution in [0.15, 0.2) is 54.6 Å². The van der Waals surface area contributed by atoms with E-state index in [1.165, 1.54) is 25.1 Å². The highest BCUT2D eigenvalue weighted by Gasteiger charge is 2.14. The van der Waals surface area contributed by atoms with Gasteiger partial charge in [-0.05, 0) is 29.8 Å². The van der Waals surface area contributed by atoms with Crippen molar-refractivity contribution in [2.45, 2.75) is 6.92 Å². The Morgan fingerprint density at radius 1 is 1.12 bits per heavy atom. The number of carbonyl (C=O) groups is 3. The van der Waals surface area contributed by atoms with Gasteiger partial charge in [0.25, 0.3) is 0 Å². The van der Waals surface area contributed by atoms with Crippen molar-refractivity contribution in [1.29, 1.82) is 0 Å². The fraction of sp³-hybridized carbons (Fsp3) is 0.105. The smallest absolute Gasteiger partial charge is 0.331 e. The number of benzene rings is 2. The van der Waals surface area contributed by atoms with Crippen molar-refractivity contribution in [1.82, 2.24) is 0 Å². The molecule has 0 aliphatic carbocycles. The zero-order valence-corrected chi connectivity index (χ0v) is 13.5. The SMILES string of the molecule is CC(=O)Nc1ccc(C(=O)COC(=O)C=Cc2ccccc2)c(F)c1. The van der Waals surface area contributed by atoms with Gasteiger partial charge in [0, 0.05) is 18.7 Å². The maximum Gasteiger partial charge on any atom is 0.331 e. The van der Waals surface area contributed by atoms with Crippen molar-refractivity contribution >= 4 is 29.4 Å². The van der Waals surface area contributed by atoms with Crippen molar-refractivity contribution in [3.63, 3.8) is 0 Å². The Morgan fingerprint density at radius 2 is 1.84 bits per heavy atom. The molecule has 0 bridgehead atoms. The molecule has 0 aromatic heterocycles. The van der Waals surface area contributed by atoms with Gasteiger partial charge in [-0.1, -0.05) is 30.3 Å². The van der Waals surface area contributed by atoms with E-state index in [1.807, 2.05) is 18.2 Å². The lowest BCUT2D eigenvalue weighted by Gasteiger charge is -2.06.